The molecule has 0 aromatic rings. The average molecular weight is 177 g/mol. The molecular formula is C7H15NO4. The Morgan fingerprint density at radius 3 is 2.67 bits per heavy atom. The van der Waals surface area contributed by atoms with E-state index >= 15 is 0 Å². The van der Waals surface area contributed by atoms with E-state index in [9.17, 15) is 10.2 Å². The van der Waals surface area contributed by atoms with Gasteiger partial charge < -0.3 is 25.0 Å². The van der Waals surface area contributed by atoms with E-state index in [4.69, 9.17) is 9.47 Å². The summed E-state index contributed by atoms with van der Waals surface area (Å²) in [5, 5.41) is 21.7. The van der Waals surface area contributed by atoms with Crippen LogP contribution in [0.5, 0.6) is 0 Å². The molecule has 1 aliphatic heterocycles. The molecule has 0 aliphatic carbocycles. The van der Waals surface area contributed by atoms with Gasteiger partial charge in [0.05, 0.1) is 18.8 Å². The number of aliphatic hydroxyl groups is 2. The minimum atomic E-state index is -0.830. The zero-order valence-corrected chi connectivity index (χ0v) is 7.23. The molecule has 5 nitrogen and oxygen atoms in total. The SMILES string of the molecule is CN[C@H]1[C@H](O)COC(OC)[C@@H]1O. The van der Waals surface area contributed by atoms with Gasteiger partial charge in [-0.25, -0.2) is 0 Å². The van der Waals surface area contributed by atoms with Gasteiger partial charge in [-0.3, -0.25) is 0 Å². The molecule has 0 saturated carbocycles. The summed E-state index contributed by atoms with van der Waals surface area (Å²) in [7, 11) is 3.13. The third kappa shape index (κ3) is 1.75. The highest BCUT2D eigenvalue weighted by molar-refractivity contribution is 4.87. The van der Waals surface area contributed by atoms with E-state index in [1.165, 1.54) is 7.11 Å². The molecule has 5 heteroatoms. The van der Waals surface area contributed by atoms with Crippen molar-refractivity contribution in [3.8, 4) is 0 Å². The Morgan fingerprint density at radius 1 is 1.50 bits per heavy atom. The molecule has 0 bridgehead atoms. The Balaban J connectivity index is 2.56. The molecule has 1 saturated heterocycles. The average Bonchev–Trinajstić information content (AvgIpc) is 2.06. The standard InChI is InChI=1S/C7H15NO4/c1-8-5-4(9)3-12-7(11-2)6(5)10/h4-10H,3H2,1-2H3/t4-,5+,6-,7?/m1/s1. The largest absolute Gasteiger partial charge is 0.389 e. The van der Waals surface area contributed by atoms with Crippen LogP contribution in [0.2, 0.25) is 0 Å². The molecule has 3 N–H and O–H groups in total. The van der Waals surface area contributed by atoms with Gasteiger partial charge in [-0.05, 0) is 7.05 Å². The Morgan fingerprint density at radius 2 is 2.17 bits per heavy atom. The van der Waals surface area contributed by atoms with Crippen molar-refractivity contribution in [1.82, 2.24) is 5.32 Å². The molecule has 1 aliphatic rings. The van der Waals surface area contributed by atoms with E-state index < -0.39 is 18.5 Å². The molecule has 0 aromatic carbocycles. The number of aliphatic hydroxyl groups excluding tert-OH is 2. The maximum absolute atomic E-state index is 9.53. The lowest BCUT2D eigenvalue weighted by Gasteiger charge is -2.36. The van der Waals surface area contributed by atoms with Gasteiger partial charge >= 0.3 is 0 Å². The topological polar surface area (TPSA) is 71.0 Å². The summed E-state index contributed by atoms with van der Waals surface area (Å²) in [6, 6.07) is -0.385. The fourth-order valence-electron chi connectivity index (χ4n) is 1.36. The molecule has 1 fully saturated rings. The van der Waals surface area contributed by atoms with Crippen molar-refractivity contribution in [3.63, 3.8) is 0 Å². The summed E-state index contributed by atoms with van der Waals surface area (Å²) < 4.78 is 9.88. The van der Waals surface area contributed by atoms with Gasteiger partial charge in [0.25, 0.3) is 0 Å². The van der Waals surface area contributed by atoms with Crippen molar-refractivity contribution in [2.75, 3.05) is 20.8 Å². The number of rotatable bonds is 2. The first-order valence-electron chi connectivity index (χ1n) is 3.88. The van der Waals surface area contributed by atoms with Crippen LogP contribution in [0.1, 0.15) is 0 Å². The van der Waals surface area contributed by atoms with Crippen molar-refractivity contribution in [2.24, 2.45) is 0 Å². The van der Waals surface area contributed by atoms with Crippen molar-refractivity contribution in [1.29, 1.82) is 0 Å². The Kier molecular flexibility index (Phi) is 3.42. The number of hydrogen-bond donors (Lipinski definition) is 3. The molecule has 0 radical (unpaired) electrons. The van der Waals surface area contributed by atoms with Gasteiger partial charge in [0, 0.05) is 7.11 Å². The first-order chi connectivity index (χ1) is 5.70. The number of likely N-dealkylation sites (N-methyl/N-ethyl adjacent to an activating group) is 1. The maximum Gasteiger partial charge on any atom is 0.184 e. The van der Waals surface area contributed by atoms with Crippen LogP contribution in [-0.4, -0.2) is 55.5 Å². The van der Waals surface area contributed by atoms with E-state index in [1.807, 2.05) is 0 Å². The lowest BCUT2D eigenvalue weighted by molar-refractivity contribution is -0.235. The highest BCUT2D eigenvalue weighted by atomic mass is 16.7. The van der Waals surface area contributed by atoms with E-state index in [2.05, 4.69) is 5.32 Å². The van der Waals surface area contributed by atoms with E-state index in [0.717, 1.165) is 0 Å². The molecule has 1 heterocycles. The Bertz CT molecular complexity index is 143. The molecule has 4 atom stereocenters. The third-order valence-electron chi connectivity index (χ3n) is 2.06. The predicted octanol–water partition coefficient (Wildman–Crippen LogP) is -1.70. The molecule has 0 aromatic heterocycles. The molecule has 1 unspecified atom stereocenters. The molecule has 0 amide bonds. The van der Waals surface area contributed by atoms with Crippen LogP contribution in [0, 0.1) is 0 Å². The van der Waals surface area contributed by atoms with Gasteiger partial charge in [0.2, 0.25) is 0 Å². The van der Waals surface area contributed by atoms with Gasteiger partial charge in [0.1, 0.15) is 6.10 Å². The molecular weight excluding hydrogens is 162 g/mol. The number of ether oxygens (including phenoxy) is 2. The van der Waals surface area contributed by atoms with Crippen LogP contribution in [0.15, 0.2) is 0 Å². The van der Waals surface area contributed by atoms with Crippen molar-refractivity contribution >= 4 is 0 Å². The summed E-state index contributed by atoms with van der Waals surface area (Å²) in [5.41, 5.74) is 0. The first kappa shape index (κ1) is 9.88. The lowest BCUT2D eigenvalue weighted by Crippen LogP contribution is -2.58. The summed E-state index contributed by atoms with van der Waals surface area (Å²) in [4.78, 5) is 0. The van der Waals surface area contributed by atoms with E-state index in [1.54, 1.807) is 7.05 Å². The van der Waals surface area contributed by atoms with Crippen LogP contribution in [-0.2, 0) is 9.47 Å². The van der Waals surface area contributed by atoms with Crippen LogP contribution in [0.3, 0.4) is 0 Å². The molecule has 12 heavy (non-hydrogen) atoms. The minimum Gasteiger partial charge on any atom is -0.389 e. The summed E-state index contributed by atoms with van der Waals surface area (Å²) in [5.74, 6) is 0. The maximum atomic E-state index is 9.53. The van der Waals surface area contributed by atoms with Gasteiger partial charge in [-0.15, -0.1) is 0 Å². The Hall–Kier alpha value is -0.200. The fourth-order valence-corrected chi connectivity index (χ4v) is 1.36. The van der Waals surface area contributed by atoms with Crippen molar-refractivity contribution < 1.29 is 19.7 Å². The number of hydrogen-bond acceptors (Lipinski definition) is 5. The first-order valence-corrected chi connectivity index (χ1v) is 3.88. The fraction of sp³-hybridized carbons (Fsp3) is 1.00. The highest BCUT2D eigenvalue weighted by Gasteiger charge is 2.37. The highest BCUT2D eigenvalue weighted by Crippen LogP contribution is 2.15. The normalized spacial score (nSPS) is 43.0. The summed E-state index contributed by atoms with van der Waals surface area (Å²) in [6.45, 7) is 0.182. The van der Waals surface area contributed by atoms with Crippen molar-refractivity contribution in [3.05, 3.63) is 0 Å². The molecule has 1 rings (SSSR count). The third-order valence-corrected chi connectivity index (χ3v) is 2.06. The lowest BCUT2D eigenvalue weighted by atomic mass is 10.0. The second kappa shape index (κ2) is 4.15. The van der Waals surface area contributed by atoms with Gasteiger partial charge in [-0.2, -0.15) is 0 Å². The zero-order chi connectivity index (χ0) is 9.14. The Labute approximate surface area is 71.3 Å². The van der Waals surface area contributed by atoms with Crippen LogP contribution < -0.4 is 5.32 Å². The van der Waals surface area contributed by atoms with Gasteiger partial charge in [-0.1, -0.05) is 0 Å². The summed E-state index contributed by atoms with van der Waals surface area (Å²) >= 11 is 0. The number of methoxy groups -OCH3 is 1. The zero-order valence-electron chi connectivity index (χ0n) is 7.23. The van der Waals surface area contributed by atoms with Crippen LogP contribution in [0.4, 0.5) is 0 Å². The monoisotopic (exact) mass is 177 g/mol. The predicted molar refractivity (Wildman–Crippen MR) is 41.6 cm³/mol. The van der Waals surface area contributed by atoms with Crippen molar-refractivity contribution in [2.45, 2.75) is 24.5 Å². The molecule has 0 spiro atoms. The second-order valence-corrected chi connectivity index (χ2v) is 2.81. The van der Waals surface area contributed by atoms with Gasteiger partial charge in [0.15, 0.2) is 6.29 Å². The second-order valence-electron chi connectivity index (χ2n) is 2.81. The van der Waals surface area contributed by atoms with Crippen LogP contribution >= 0.6 is 0 Å². The molecule has 72 valence electrons. The van der Waals surface area contributed by atoms with E-state index in [-0.39, 0.29) is 12.6 Å². The smallest absolute Gasteiger partial charge is 0.184 e. The summed E-state index contributed by atoms with van der Waals surface area (Å²) in [6.07, 6.45) is -2.16. The van der Waals surface area contributed by atoms with Crippen LogP contribution in [0.25, 0.3) is 0 Å². The minimum absolute atomic E-state index is 0.182. The number of nitrogens with one attached hydrogen (secondary N) is 1. The quantitative estimate of drug-likeness (QED) is 0.469. The van der Waals surface area contributed by atoms with E-state index in [0.29, 0.717) is 0 Å².